The van der Waals surface area contributed by atoms with Crippen LogP contribution in [0, 0.1) is 0 Å². The van der Waals surface area contributed by atoms with Gasteiger partial charge in [-0.3, -0.25) is 4.79 Å². The summed E-state index contributed by atoms with van der Waals surface area (Å²) in [6.07, 6.45) is 1.78. The molecule has 2 rings (SSSR count). The number of hydrogen-bond acceptors (Lipinski definition) is 4. The van der Waals surface area contributed by atoms with E-state index in [-0.39, 0.29) is 12.4 Å². The Bertz CT molecular complexity index is 578. The van der Waals surface area contributed by atoms with Crippen molar-refractivity contribution in [3.05, 3.63) is 60.1 Å². The van der Waals surface area contributed by atoms with E-state index >= 15 is 0 Å². The number of amides is 1. The number of ether oxygens (including phenoxy) is 1. The summed E-state index contributed by atoms with van der Waals surface area (Å²) in [7, 11) is 0. The first-order valence-electron chi connectivity index (χ1n) is 6.75. The van der Waals surface area contributed by atoms with Crippen LogP contribution in [0.5, 0.6) is 0 Å². The molecule has 1 heterocycles. The summed E-state index contributed by atoms with van der Waals surface area (Å²) in [5, 5.41) is 2.65. The van der Waals surface area contributed by atoms with Gasteiger partial charge in [-0.25, -0.2) is 4.79 Å². The molecule has 0 spiro atoms. The van der Waals surface area contributed by atoms with Gasteiger partial charge in [0, 0.05) is 6.42 Å². The zero-order chi connectivity index (χ0) is 15.1. The fourth-order valence-corrected chi connectivity index (χ4v) is 1.92. The largest absolute Gasteiger partial charge is 0.464 e. The van der Waals surface area contributed by atoms with Gasteiger partial charge in [-0.05, 0) is 24.6 Å². The first-order valence-corrected chi connectivity index (χ1v) is 6.75. The summed E-state index contributed by atoms with van der Waals surface area (Å²) in [5.74, 6) is -0.729. The molecule has 2 aromatic rings. The normalized spacial score (nSPS) is 11.7. The molecule has 0 aliphatic rings. The molecule has 0 saturated heterocycles. The minimum absolute atomic E-state index is 0.164. The zero-order valence-electron chi connectivity index (χ0n) is 11.7. The van der Waals surface area contributed by atoms with Crippen LogP contribution in [-0.4, -0.2) is 24.5 Å². The first-order chi connectivity index (χ1) is 10.2. The van der Waals surface area contributed by atoms with Gasteiger partial charge in [0.15, 0.2) is 5.76 Å². The lowest BCUT2D eigenvalue weighted by atomic mass is 10.1. The van der Waals surface area contributed by atoms with E-state index in [2.05, 4.69) is 5.32 Å². The van der Waals surface area contributed by atoms with Crippen molar-refractivity contribution in [2.75, 3.05) is 6.61 Å². The Hall–Kier alpha value is -2.56. The lowest BCUT2D eigenvalue weighted by Gasteiger charge is -2.16. The third-order valence-electron chi connectivity index (χ3n) is 2.90. The molecule has 1 aromatic heterocycles. The molecule has 0 aliphatic heterocycles. The Morgan fingerprint density at radius 3 is 2.57 bits per heavy atom. The van der Waals surface area contributed by atoms with Crippen molar-refractivity contribution in [2.24, 2.45) is 0 Å². The first kappa shape index (κ1) is 14.8. The lowest BCUT2D eigenvalue weighted by molar-refractivity contribution is -0.145. The van der Waals surface area contributed by atoms with Crippen molar-refractivity contribution in [3.8, 4) is 0 Å². The SMILES string of the molecule is CCOC(=O)[C@@H](Cc1ccccc1)NC(=O)c1ccco1. The molecule has 110 valence electrons. The number of hydrogen-bond donors (Lipinski definition) is 1. The highest BCUT2D eigenvalue weighted by atomic mass is 16.5. The van der Waals surface area contributed by atoms with Crippen LogP contribution >= 0.6 is 0 Å². The number of benzene rings is 1. The monoisotopic (exact) mass is 287 g/mol. The molecule has 0 unspecified atom stereocenters. The fraction of sp³-hybridized carbons (Fsp3) is 0.250. The second-order valence-corrected chi connectivity index (χ2v) is 4.45. The van der Waals surface area contributed by atoms with Crippen molar-refractivity contribution >= 4 is 11.9 Å². The van der Waals surface area contributed by atoms with Crippen molar-refractivity contribution in [1.29, 1.82) is 0 Å². The maximum absolute atomic E-state index is 12.0. The Morgan fingerprint density at radius 1 is 1.19 bits per heavy atom. The van der Waals surface area contributed by atoms with E-state index in [1.807, 2.05) is 30.3 Å². The van der Waals surface area contributed by atoms with Crippen LogP contribution in [0.2, 0.25) is 0 Å². The Balaban J connectivity index is 2.08. The van der Waals surface area contributed by atoms with E-state index in [9.17, 15) is 9.59 Å². The van der Waals surface area contributed by atoms with E-state index in [0.717, 1.165) is 5.56 Å². The molecule has 1 atom stereocenters. The summed E-state index contributed by atoms with van der Waals surface area (Å²) in [6.45, 7) is 1.99. The predicted octanol–water partition coefficient (Wildman–Crippen LogP) is 2.18. The zero-order valence-corrected chi connectivity index (χ0v) is 11.7. The van der Waals surface area contributed by atoms with Gasteiger partial charge < -0.3 is 14.5 Å². The van der Waals surface area contributed by atoms with Gasteiger partial charge >= 0.3 is 5.97 Å². The van der Waals surface area contributed by atoms with Crippen molar-refractivity contribution in [2.45, 2.75) is 19.4 Å². The second kappa shape index (κ2) is 7.28. The number of nitrogens with one attached hydrogen (secondary N) is 1. The van der Waals surface area contributed by atoms with Gasteiger partial charge in [-0.15, -0.1) is 0 Å². The van der Waals surface area contributed by atoms with Crippen molar-refractivity contribution < 1.29 is 18.7 Å². The van der Waals surface area contributed by atoms with Crippen LogP contribution in [0.1, 0.15) is 23.0 Å². The molecule has 21 heavy (non-hydrogen) atoms. The van der Waals surface area contributed by atoms with Gasteiger partial charge in [-0.2, -0.15) is 0 Å². The Labute approximate surface area is 122 Å². The summed E-state index contributed by atoms with van der Waals surface area (Å²) in [5.41, 5.74) is 0.940. The third kappa shape index (κ3) is 4.21. The minimum atomic E-state index is -0.745. The van der Waals surface area contributed by atoms with Crippen molar-refractivity contribution in [1.82, 2.24) is 5.32 Å². The van der Waals surface area contributed by atoms with Crippen LogP contribution in [0.3, 0.4) is 0 Å². The molecular weight excluding hydrogens is 270 g/mol. The highest BCUT2D eigenvalue weighted by Crippen LogP contribution is 2.07. The molecule has 5 heteroatoms. The average molecular weight is 287 g/mol. The number of esters is 1. The smallest absolute Gasteiger partial charge is 0.328 e. The summed E-state index contributed by atoms with van der Waals surface area (Å²) in [4.78, 5) is 24.0. The quantitative estimate of drug-likeness (QED) is 0.827. The van der Waals surface area contributed by atoms with E-state index in [0.29, 0.717) is 6.42 Å². The standard InChI is InChI=1S/C16H17NO4/c1-2-20-16(19)13(11-12-7-4-3-5-8-12)17-15(18)14-9-6-10-21-14/h3-10,13H,2,11H2,1H3,(H,17,18)/t13-/m1/s1. The summed E-state index contributed by atoms with van der Waals surface area (Å²) in [6, 6.07) is 11.9. The number of furan rings is 1. The van der Waals surface area contributed by atoms with E-state index < -0.39 is 17.9 Å². The van der Waals surface area contributed by atoms with Gasteiger partial charge in [0.2, 0.25) is 0 Å². The molecule has 1 N–H and O–H groups in total. The topological polar surface area (TPSA) is 68.5 Å². The van der Waals surface area contributed by atoms with Crippen LogP contribution in [0.15, 0.2) is 53.1 Å². The second-order valence-electron chi connectivity index (χ2n) is 4.45. The minimum Gasteiger partial charge on any atom is -0.464 e. The molecule has 5 nitrogen and oxygen atoms in total. The van der Waals surface area contributed by atoms with E-state index in [1.54, 1.807) is 19.1 Å². The average Bonchev–Trinajstić information content (AvgIpc) is 3.02. The summed E-state index contributed by atoms with van der Waals surface area (Å²) < 4.78 is 10.0. The third-order valence-corrected chi connectivity index (χ3v) is 2.90. The molecule has 0 aliphatic carbocycles. The fourth-order valence-electron chi connectivity index (χ4n) is 1.92. The highest BCUT2D eigenvalue weighted by molar-refractivity contribution is 5.94. The van der Waals surface area contributed by atoms with Crippen LogP contribution in [0.25, 0.3) is 0 Å². The van der Waals surface area contributed by atoms with Gasteiger partial charge in [0.1, 0.15) is 6.04 Å². The maximum Gasteiger partial charge on any atom is 0.328 e. The van der Waals surface area contributed by atoms with E-state index in [1.165, 1.54) is 6.26 Å². The van der Waals surface area contributed by atoms with Crippen LogP contribution in [0.4, 0.5) is 0 Å². The van der Waals surface area contributed by atoms with Crippen molar-refractivity contribution in [3.63, 3.8) is 0 Å². The van der Waals surface area contributed by atoms with Crippen LogP contribution in [-0.2, 0) is 16.0 Å². The Kier molecular flexibility index (Phi) is 5.15. The van der Waals surface area contributed by atoms with E-state index in [4.69, 9.17) is 9.15 Å². The Morgan fingerprint density at radius 2 is 1.95 bits per heavy atom. The predicted molar refractivity (Wildman–Crippen MR) is 76.7 cm³/mol. The number of rotatable bonds is 6. The molecule has 0 radical (unpaired) electrons. The maximum atomic E-state index is 12.0. The molecule has 0 saturated carbocycles. The number of carbonyl (C=O) groups excluding carboxylic acids is 2. The molecule has 0 bridgehead atoms. The molecule has 1 amide bonds. The molecule has 0 fully saturated rings. The van der Waals surface area contributed by atoms with Gasteiger partial charge in [0.05, 0.1) is 12.9 Å². The molecule has 1 aromatic carbocycles. The van der Waals surface area contributed by atoms with Crippen LogP contribution < -0.4 is 5.32 Å². The highest BCUT2D eigenvalue weighted by Gasteiger charge is 2.23. The van der Waals surface area contributed by atoms with Gasteiger partial charge in [0.25, 0.3) is 5.91 Å². The lowest BCUT2D eigenvalue weighted by Crippen LogP contribution is -2.43. The number of carbonyl (C=O) groups is 2. The molecular formula is C16H17NO4. The summed E-state index contributed by atoms with van der Waals surface area (Å²) >= 11 is 0. The van der Waals surface area contributed by atoms with Gasteiger partial charge in [-0.1, -0.05) is 30.3 Å².